The van der Waals surface area contributed by atoms with Crippen LogP contribution < -0.4 is 4.90 Å². The quantitative estimate of drug-likeness (QED) is 0.298. The highest BCUT2D eigenvalue weighted by molar-refractivity contribution is 14.1. The summed E-state index contributed by atoms with van der Waals surface area (Å²) < 4.78 is 3.63. The summed E-state index contributed by atoms with van der Waals surface area (Å²) in [4.78, 5) is 13.7. The maximum Gasteiger partial charge on any atom is 0.227 e. The molecule has 3 rings (SSSR count). The van der Waals surface area contributed by atoms with Gasteiger partial charge in [-0.3, -0.25) is 9.69 Å². The zero-order valence-corrected chi connectivity index (χ0v) is 19.0. The Morgan fingerprint density at radius 3 is 2.50 bits per heavy atom. The third kappa shape index (κ3) is 3.97. The molecule has 0 fully saturated rings. The number of nitrogens with zero attached hydrogens (tertiary/aromatic N) is 2. The summed E-state index contributed by atoms with van der Waals surface area (Å²) in [6, 6.07) is 16.3. The molecule has 1 aliphatic heterocycles. The summed E-state index contributed by atoms with van der Waals surface area (Å²) >= 11 is 2.38. The summed E-state index contributed by atoms with van der Waals surface area (Å²) in [5.74, 6) is -0.0122. The highest BCUT2D eigenvalue weighted by Gasteiger charge is 2.43. The molecule has 0 atom stereocenters. The van der Waals surface area contributed by atoms with E-state index in [9.17, 15) is 4.79 Å². The Balaban J connectivity index is 1.89. The van der Waals surface area contributed by atoms with Gasteiger partial charge in [0.25, 0.3) is 0 Å². The summed E-state index contributed by atoms with van der Waals surface area (Å²) in [5, 5.41) is 0. The maximum absolute atomic E-state index is 12.0. The van der Waals surface area contributed by atoms with E-state index >= 15 is 0 Å². The first-order chi connectivity index (χ1) is 13.4. The monoisotopic (exact) mass is 485 g/mol. The maximum atomic E-state index is 12.0. The molecule has 0 saturated carbocycles. The van der Waals surface area contributed by atoms with Crippen molar-refractivity contribution >= 4 is 45.6 Å². The molecule has 2 aromatic carbocycles. The van der Waals surface area contributed by atoms with Crippen molar-refractivity contribution in [2.75, 3.05) is 11.4 Å². The molecule has 28 heavy (non-hydrogen) atoms. The molecular formula is C24H26IN2O+. The van der Waals surface area contributed by atoms with Crippen LogP contribution in [0.15, 0.2) is 73.0 Å². The van der Waals surface area contributed by atoms with Crippen molar-refractivity contribution in [3.8, 4) is 0 Å². The lowest BCUT2D eigenvalue weighted by molar-refractivity contribution is -0.433. The Bertz CT molecular complexity index is 971. The molecule has 0 unspecified atom stereocenters. The Morgan fingerprint density at radius 1 is 1.14 bits per heavy atom. The van der Waals surface area contributed by atoms with Gasteiger partial charge in [0, 0.05) is 40.1 Å². The minimum Gasteiger partial charge on any atom is -0.288 e. The number of anilines is 1. The number of carbonyl (C=O) groups is 1. The van der Waals surface area contributed by atoms with Crippen molar-refractivity contribution < 1.29 is 9.37 Å². The fourth-order valence-electron chi connectivity index (χ4n) is 3.73. The minimum atomic E-state index is -0.0590. The van der Waals surface area contributed by atoms with E-state index < -0.39 is 0 Å². The lowest BCUT2D eigenvalue weighted by Crippen LogP contribution is -2.27. The van der Waals surface area contributed by atoms with Gasteiger partial charge in [0.05, 0.1) is 5.41 Å². The Kier molecular flexibility index (Phi) is 6.18. The van der Waals surface area contributed by atoms with E-state index in [0.29, 0.717) is 0 Å². The molecule has 0 spiro atoms. The van der Waals surface area contributed by atoms with Crippen LogP contribution in [0.2, 0.25) is 0 Å². The molecule has 1 aliphatic rings. The zero-order chi connectivity index (χ0) is 20.3. The van der Waals surface area contributed by atoms with Crippen molar-refractivity contribution in [2.45, 2.75) is 33.1 Å². The van der Waals surface area contributed by atoms with Crippen LogP contribution in [0, 0.1) is 3.57 Å². The average molecular weight is 485 g/mol. The molecule has 1 heterocycles. The molecule has 1 amide bonds. The van der Waals surface area contributed by atoms with E-state index in [1.807, 2.05) is 48.7 Å². The van der Waals surface area contributed by atoms with E-state index in [2.05, 4.69) is 72.2 Å². The van der Waals surface area contributed by atoms with Gasteiger partial charge in [0.2, 0.25) is 11.6 Å². The van der Waals surface area contributed by atoms with Gasteiger partial charge in [0.15, 0.2) is 5.71 Å². The molecular weight excluding hydrogens is 459 g/mol. The van der Waals surface area contributed by atoms with Crippen LogP contribution in [-0.4, -0.2) is 22.7 Å². The number of rotatable bonds is 5. The Morgan fingerprint density at radius 2 is 1.86 bits per heavy atom. The number of amides is 1. The fraction of sp³-hybridized carbons (Fsp3) is 0.250. The van der Waals surface area contributed by atoms with Gasteiger partial charge in [-0.25, -0.2) is 0 Å². The third-order valence-electron chi connectivity index (χ3n) is 5.14. The smallest absolute Gasteiger partial charge is 0.227 e. The van der Waals surface area contributed by atoms with Crippen LogP contribution in [0.4, 0.5) is 11.4 Å². The lowest BCUT2D eigenvalue weighted by Gasteiger charge is -2.16. The lowest BCUT2D eigenvalue weighted by atomic mass is 9.81. The molecule has 2 aromatic rings. The van der Waals surface area contributed by atoms with E-state index in [1.54, 1.807) is 11.8 Å². The van der Waals surface area contributed by atoms with Crippen molar-refractivity contribution in [1.82, 2.24) is 0 Å². The van der Waals surface area contributed by atoms with Crippen LogP contribution in [0.1, 0.15) is 33.3 Å². The molecule has 0 saturated heterocycles. The highest BCUT2D eigenvalue weighted by atomic mass is 127. The van der Waals surface area contributed by atoms with Gasteiger partial charge in [-0.15, -0.1) is 0 Å². The summed E-state index contributed by atoms with van der Waals surface area (Å²) in [7, 11) is 0. The van der Waals surface area contributed by atoms with Crippen LogP contribution in [-0.2, 0) is 10.2 Å². The third-order valence-corrected chi connectivity index (χ3v) is 5.82. The van der Waals surface area contributed by atoms with Crippen molar-refractivity contribution in [3.63, 3.8) is 0 Å². The van der Waals surface area contributed by atoms with Gasteiger partial charge >= 0.3 is 0 Å². The second kappa shape index (κ2) is 8.43. The zero-order valence-electron chi connectivity index (χ0n) is 16.8. The first-order valence-corrected chi connectivity index (χ1v) is 10.6. The summed E-state index contributed by atoms with van der Waals surface area (Å²) in [6.07, 6.45) is 7.94. The SMILES string of the molecule is CC[N+]1=C(/C=C/C=C/N(C(C)=O)c2ccccc2)C(C)(C)c2cc(I)ccc21. The second-order valence-electron chi connectivity index (χ2n) is 7.34. The van der Waals surface area contributed by atoms with Crippen molar-refractivity contribution in [2.24, 2.45) is 0 Å². The van der Waals surface area contributed by atoms with E-state index in [0.717, 1.165) is 12.2 Å². The highest BCUT2D eigenvalue weighted by Crippen LogP contribution is 2.40. The number of para-hydroxylation sites is 1. The Labute approximate surface area is 181 Å². The van der Waals surface area contributed by atoms with Gasteiger partial charge in [-0.2, -0.15) is 4.58 Å². The normalized spacial score (nSPS) is 15.5. The van der Waals surface area contributed by atoms with Crippen LogP contribution in [0.3, 0.4) is 0 Å². The molecule has 4 heteroatoms. The van der Waals surface area contributed by atoms with Gasteiger partial charge in [0.1, 0.15) is 6.54 Å². The standard InChI is InChI=1S/C24H26IN2O/c1-5-26-22-15-14-19(25)17-21(22)24(3,4)23(26)13-9-10-16-27(18(2)28)20-11-7-6-8-12-20/h6-17H,5H2,1-4H3/q+1. The number of hydrogen-bond donors (Lipinski definition) is 0. The number of carbonyl (C=O) groups excluding carboxylic acids is 1. The average Bonchev–Trinajstić information content (AvgIpc) is 2.88. The number of allylic oxidation sites excluding steroid dienone is 3. The molecule has 0 aromatic heterocycles. The first kappa shape index (κ1) is 20.5. The van der Waals surface area contributed by atoms with Crippen molar-refractivity contribution in [1.29, 1.82) is 0 Å². The topological polar surface area (TPSA) is 23.3 Å². The van der Waals surface area contributed by atoms with Gasteiger partial charge in [-0.1, -0.05) is 24.3 Å². The van der Waals surface area contributed by atoms with Gasteiger partial charge < -0.3 is 0 Å². The largest absolute Gasteiger partial charge is 0.288 e. The number of fused-ring (bicyclic) bond motifs is 1. The number of hydrogen-bond acceptors (Lipinski definition) is 1. The van der Waals surface area contributed by atoms with E-state index in [-0.39, 0.29) is 11.3 Å². The number of benzene rings is 2. The predicted octanol–water partition coefficient (Wildman–Crippen LogP) is 5.81. The number of halogens is 1. The van der Waals surface area contributed by atoms with Crippen molar-refractivity contribution in [3.05, 3.63) is 82.1 Å². The van der Waals surface area contributed by atoms with E-state index in [1.165, 1.54) is 20.5 Å². The molecule has 0 N–H and O–H groups in total. The van der Waals surface area contributed by atoms with E-state index in [4.69, 9.17) is 0 Å². The van der Waals surface area contributed by atoms with Crippen LogP contribution >= 0.6 is 22.6 Å². The Hall–Kier alpha value is -2.21. The first-order valence-electron chi connectivity index (χ1n) is 9.51. The summed E-state index contributed by atoms with van der Waals surface area (Å²) in [5.41, 5.74) is 4.72. The van der Waals surface area contributed by atoms with Crippen LogP contribution in [0.5, 0.6) is 0 Å². The molecule has 0 aliphatic carbocycles. The summed E-state index contributed by atoms with van der Waals surface area (Å²) in [6.45, 7) is 9.22. The molecule has 3 nitrogen and oxygen atoms in total. The van der Waals surface area contributed by atoms with Gasteiger partial charge in [-0.05, 0) is 73.7 Å². The second-order valence-corrected chi connectivity index (χ2v) is 8.59. The minimum absolute atomic E-state index is 0.0122. The molecule has 144 valence electrons. The predicted molar refractivity (Wildman–Crippen MR) is 126 cm³/mol. The van der Waals surface area contributed by atoms with Crippen LogP contribution in [0.25, 0.3) is 0 Å². The molecule has 0 bridgehead atoms. The molecule has 0 radical (unpaired) electrons. The fourth-order valence-corrected chi connectivity index (χ4v) is 4.22.